The second kappa shape index (κ2) is 4.25. The molecule has 96 valence electrons. The number of alkyl halides is 3. The Morgan fingerprint density at radius 3 is 2.67 bits per heavy atom. The van der Waals surface area contributed by atoms with Gasteiger partial charge in [0.2, 0.25) is 0 Å². The van der Waals surface area contributed by atoms with Gasteiger partial charge in [0.1, 0.15) is 5.75 Å². The summed E-state index contributed by atoms with van der Waals surface area (Å²) in [5.74, 6) is -0.307. The summed E-state index contributed by atoms with van der Waals surface area (Å²) in [5, 5.41) is 3.30. The summed E-state index contributed by atoms with van der Waals surface area (Å²) < 4.78 is 40.2. The Morgan fingerprint density at radius 2 is 2.06 bits per heavy atom. The molecule has 18 heavy (non-hydrogen) atoms. The first kappa shape index (κ1) is 12.3. The van der Waals surface area contributed by atoms with Crippen molar-refractivity contribution in [1.82, 2.24) is 4.98 Å². The molecule has 7 heteroatoms. The van der Waals surface area contributed by atoms with E-state index in [0.717, 1.165) is 0 Å². The number of fused-ring (bicyclic) bond motifs is 1. The number of nitrogens with one attached hydrogen (secondary N) is 1. The highest BCUT2D eigenvalue weighted by Gasteiger charge is 2.31. The fourth-order valence-corrected chi connectivity index (χ4v) is 1.66. The number of nitrogen functional groups attached to an aromatic ring is 1. The zero-order valence-corrected chi connectivity index (χ0v) is 9.38. The third kappa shape index (κ3) is 2.39. The van der Waals surface area contributed by atoms with Crippen molar-refractivity contribution in [2.45, 2.75) is 6.36 Å². The molecule has 0 fully saturated rings. The fraction of sp³-hybridized carbons (Fsp3) is 0.182. The average Bonchev–Trinajstić information content (AvgIpc) is 2.26. The van der Waals surface area contributed by atoms with Gasteiger partial charge in [0.25, 0.3) is 0 Å². The predicted molar refractivity (Wildman–Crippen MR) is 62.4 cm³/mol. The minimum absolute atomic E-state index is 0.307. The topological polar surface area (TPSA) is 60.2 Å². The van der Waals surface area contributed by atoms with E-state index in [4.69, 9.17) is 5.73 Å². The number of halogens is 3. The first-order valence-electron chi connectivity index (χ1n) is 5.02. The van der Waals surface area contributed by atoms with E-state index in [9.17, 15) is 13.2 Å². The van der Waals surface area contributed by atoms with Gasteiger partial charge in [-0.2, -0.15) is 0 Å². The molecule has 0 aliphatic heterocycles. The molecule has 1 aromatic heterocycles. The molecule has 2 rings (SSSR count). The van der Waals surface area contributed by atoms with Crippen LogP contribution in [0.1, 0.15) is 0 Å². The summed E-state index contributed by atoms with van der Waals surface area (Å²) in [6, 6.07) is 3.90. The van der Waals surface area contributed by atoms with Crippen LogP contribution in [0.25, 0.3) is 10.9 Å². The Kier molecular flexibility index (Phi) is 2.90. The summed E-state index contributed by atoms with van der Waals surface area (Å²) in [5.41, 5.74) is 7.09. The Balaban J connectivity index is 2.55. The van der Waals surface area contributed by atoms with E-state index in [1.165, 1.54) is 24.4 Å². The molecule has 0 saturated heterocycles. The monoisotopic (exact) mass is 257 g/mol. The molecule has 4 nitrogen and oxygen atoms in total. The Hall–Kier alpha value is -2.18. The molecule has 0 radical (unpaired) electrons. The second-order valence-corrected chi connectivity index (χ2v) is 3.57. The summed E-state index contributed by atoms with van der Waals surface area (Å²) >= 11 is 0. The van der Waals surface area contributed by atoms with E-state index in [1.807, 2.05) is 0 Å². The third-order valence-corrected chi connectivity index (χ3v) is 2.35. The van der Waals surface area contributed by atoms with Gasteiger partial charge in [-0.15, -0.1) is 13.2 Å². The number of benzene rings is 1. The second-order valence-electron chi connectivity index (χ2n) is 3.57. The van der Waals surface area contributed by atoms with Crippen LogP contribution in [0.5, 0.6) is 5.75 Å². The van der Waals surface area contributed by atoms with Gasteiger partial charge in [0, 0.05) is 12.4 Å². The summed E-state index contributed by atoms with van der Waals surface area (Å²) in [6.45, 7) is 0. The number of anilines is 2. The highest BCUT2D eigenvalue weighted by molar-refractivity contribution is 5.97. The number of nitrogens with two attached hydrogens (primary N) is 1. The van der Waals surface area contributed by atoms with Gasteiger partial charge in [-0.1, -0.05) is 0 Å². The average molecular weight is 257 g/mol. The van der Waals surface area contributed by atoms with E-state index < -0.39 is 6.36 Å². The van der Waals surface area contributed by atoms with E-state index in [2.05, 4.69) is 15.0 Å². The van der Waals surface area contributed by atoms with Crippen LogP contribution in [-0.2, 0) is 0 Å². The van der Waals surface area contributed by atoms with Crippen LogP contribution >= 0.6 is 0 Å². The van der Waals surface area contributed by atoms with Crippen LogP contribution in [0.3, 0.4) is 0 Å². The van der Waals surface area contributed by atoms with Crippen molar-refractivity contribution in [2.24, 2.45) is 0 Å². The lowest BCUT2D eigenvalue weighted by Crippen LogP contribution is -2.17. The van der Waals surface area contributed by atoms with Gasteiger partial charge in [0.05, 0.1) is 23.1 Å². The molecule has 0 saturated carbocycles. The van der Waals surface area contributed by atoms with Crippen LogP contribution in [0, 0.1) is 0 Å². The van der Waals surface area contributed by atoms with Gasteiger partial charge in [-0.25, -0.2) is 0 Å². The highest BCUT2D eigenvalue weighted by Crippen LogP contribution is 2.32. The van der Waals surface area contributed by atoms with Crippen molar-refractivity contribution in [3.8, 4) is 5.75 Å². The fourth-order valence-electron chi connectivity index (χ4n) is 1.66. The first-order valence-corrected chi connectivity index (χ1v) is 5.02. The standard InChI is InChI=1S/C11H10F3N3O/c1-16-10-7-4-6(18-11(12,13)14)2-3-9(7)17-5-8(10)15/h2-5H,15H2,1H3,(H,16,17). The van der Waals surface area contributed by atoms with E-state index >= 15 is 0 Å². The van der Waals surface area contributed by atoms with Crippen LogP contribution in [0.2, 0.25) is 0 Å². The maximum Gasteiger partial charge on any atom is 0.573 e. The van der Waals surface area contributed by atoms with Gasteiger partial charge >= 0.3 is 6.36 Å². The SMILES string of the molecule is CNc1c(N)cnc2ccc(OC(F)(F)F)cc12. The normalized spacial score (nSPS) is 11.6. The maximum atomic E-state index is 12.1. The molecular weight excluding hydrogens is 247 g/mol. The molecule has 1 aromatic carbocycles. The zero-order chi connectivity index (χ0) is 13.3. The number of hydrogen-bond acceptors (Lipinski definition) is 4. The van der Waals surface area contributed by atoms with E-state index in [1.54, 1.807) is 7.05 Å². The van der Waals surface area contributed by atoms with E-state index in [0.29, 0.717) is 22.3 Å². The highest BCUT2D eigenvalue weighted by atomic mass is 19.4. The van der Waals surface area contributed by atoms with Crippen LogP contribution in [0.15, 0.2) is 24.4 Å². The summed E-state index contributed by atoms with van der Waals surface area (Å²) in [6.07, 6.45) is -3.28. The molecule has 0 amide bonds. The Bertz CT molecular complexity index is 583. The Morgan fingerprint density at radius 1 is 1.33 bits per heavy atom. The van der Waals surface area contributed by atoms with Crippen molar-refractivity contribution >= 4 is 22.3 Å². The molecule has 0 bridgehead atoms. The van der Waals surface area contributed by atoms with Crippen LogP contribution < -0.4 is 15.8 Å². The first-order chi connectivity index (χ1) is 8.40. The number of hydrogen-bond donors (Lipinski definition) is 2. The number of nitrogens with zero attached hydrogens (tertiary/aromatic N) is 1. The maximum absolute atomic E-state index is 12.1. The lowest BCUT2D eigenvalue weighted by molar-refractivity contribution is -0.274. The van der Waals surface area contributed by atoms with Crippen LogP contribution in [-0.4, -0.2) is 18.4 Å². The van der Waals surface area contributed by atoms with Gasteiger partial charge in [-0.3, -0.25) is 4.98 Å². The van der Waals surface area contributed by atoms with Crippen molar-refractivity contribution < 1.29 is 17.9 Å². The number of aromatic nitrogens is 1. The van der Waals surface area contributed by atoms with Crippen molar-refractivity contribution in [3.05, 3.63) is 24.4 Å². The van der Waals surface area contributed by atoms with Gasteiger partial charge in [0.15, 0.2) is 0 Å². The zero-order valence-electron chi connectivity index (χ0n) is 9.38. The summed E-state index contributed by atoms with van der Waals surface area (Å²) in [7, 11) is 1.63. The lowest BCUT2D eigenvalue weighted by Gasteiger charge is -2.12. The molecule has 2 aromatic rings. The molecule has 0 unspecified atom stereocenters. The van der Waals surface area contributed by atoms with Gasteiger partial charge in [-0.05, 0) is 18.2 Å². The number of rotatable bonds is 2. The van der Waals surface area contributed by atoms with Crippen LogP contribution in [0.4, 0.5) is 24.5 Å². The quantitative estimate of drug-likeness (QED) is 0.868. The van der Waals surface area contributed by atoms with Crippen molar-refractivity contribution in [3.63, 3.8) is 0 Å². The number of pyridine rings is 1. The molecule has 0 spiro atoms. The lowest BCUT2D eigenvalue weighted by atomic mass is 10.1. The molecule has 0 aliphatic rings. The predicted octanol–water partition coefficient (Wildman–Crippen LogP) is 2.76. The largest absolute Gasteiger partial charge is 0.573 e. The van der Waals surface area contributed by atoms with Gasteiger partial charge < -0.3 is 15.8 Å². The molecule has 1 heterocycles. The van der Waals surface area contributed by atoms with Crippen molar-refractivity contribution in [2.75, 3.05) is 18.1 Å². The number of ether oxygens (including phenoxy) is 1. The Labute approximate surface area is 101 Å². The minimum Gasteiger partial charge on any atom is -0.406 e. The molecule has 0 aliphatic carbocycles. The minimum atomic E-state index is -4.72. The summed E-state index contributed by atoms with van der Waals surface area (Å²) in [4.78, 5) is 4.03. The van der Waals surface area contributed by atoms with Crippen molar-refractivity contribution in [1.29, 1.82) is 0 Å². The molecule has 3 N–H and O–H groups in total. The third-order valence-electron chi connectivity index (χ3n) is 2.35. The van der Waals surface area contributed by atoms with E-state index in [-0.39, 0.29) is 5.75 Å². The smallest absolute Gasteiger partial charge is 0.406 e. The molecule has 0 atom stereocenters. The molecular formula is C11H10F3N3O.